The van der Waals surface area contributed by atoms with Gasteiger partial charge in [0, 0.05) is 11.8 Å². The van der Waals surface area contributed by atoms with Gasteiger partial charge in [0.25, 0.3) is 5.91 Å². The van der Waals surface area contributed by atoms with Gasteiger partial charge in [-0.2, -0.15) is 0 Å². The molecule has 0 fully saturated rings. The Morgan fingerprint density at radius 3 is 2.75 bits per heavy atom. The number of carbonyl (C=O) groups is 1. The third-order valence-corrected chi connectivity index (χ3v) is 3.02. The number of hydrogen-bond donors (Lipinski definition) is 1. The topological polar surface area (TPSA) is 55.6 Å². The van der Waals surface area contributed by atoms with Crippen molar-refractivity contribution in [3.63, 3.8) is 0 Å². The highest BCUT2D eigenvalue weighted by Crippen LogP contribution is 2.14. The maximum atomic E-state index is 12.2. The zero-order valence-corrected chi connectivity index (χ0v) is 10.9. The summed E-state index contributed by atoms with van der Waals surface area (Å²) in [5.41, 5.74) is 1.48. The fraction of sp³-hybridized carbons (Fsp3) is 0.0667. The van der Waals surface area contributed by atoms with Crippen molar-refractivity contribution < 1.29 is 9.53 Å². The summed E-state index contributed by atoms with van der Waals surface area (Å²) in [6.45, 7) is 0. The number of fused-ring (bicyclic) bond motifs is 1. The van der Waals surface area contributed by atoms with Gasteiger partial charge in [-0.3, -0.25) is 14.5 Å². The van der Waals surface area contributed by atoms with Crippen molar-refractivity contribution in [1.29, 1.82) is 0 Å². The van der Waals surface area contributed by atoms with Crippen molar-refractivity contribution in [2.75, 3.05) is 12.4 Å². The van der Waals surface area contributed by atoms with Gasteiger partial charge in [-0.25, -0.2) is 4.98 Å². The summed E-state index contributed by atoms with van der Waals surface area (Å²) in [6.07, 6.45) is 3.57. The minimum absolute atomic E-state index is 0.205. The van der Waals surface area contributed by atoms with Gasteiger partial charge in [-0.05, 0) is 36.4 Å². The molecule has 5 nitrogen and oxygen atoms in total. The van der Waals surface area contributed by atoms with Crippen LogP contribution in [0.3, 0.4) is 0 Å². The fourth-order valence-electron chi connectivity index (χ4n) is 1.95. The average molecular weight is 267 g/mol. The third kappa shape index (κ3) is 2.21. The van der Waals surface area contributed by atoms with E-state index in [1.54, 1.807) is 37.6 Å². The highest BCUT2D eigenvalue weighted by Gasteiger charge is 2.09. The summed E-state index contributed by atoms with van der Waals surface area (Å²) in [4.78, 5) is 16.4. The van der Waals surface area contributed by atoms with Gasteiger partial charge in [0.05, 0.1) is 18.8 Å². The van der Waals surface area contributed by atoms with Crippen LogP contribution in [0.15, 0.2) is 54.9 Å². The van der Waals surface area contributed by atoms with E-state index >= 15 is 0 Å². The summed E-state index contributed by atoms with van der Waals surface area (Å²) < 4.78 is 6.89. The lowest BCUT2D eigenvalue weighted by molar-refractivity contribution is 0.102. The number of carbonyl (C=O) groups excluding carboxylic acids is 1. The second-order valence-electron chi connectivity index (χ2n) is 4.26. The van der Waals surface area contributed by atoms with Crippen molar-refractivity contribution in [3.8, 4) is 5.75 Å². The number of rotatable bonds is 3. The largest absolute Gasteiger partial charge is 0.497 e. The number of hydrogen-bond acceptors (Lipinski definition) is 3. The van der Waals surface area contributed by atoms with E-state index in [-0.39, 0.29) is 5.91 Å². The van der Waals surface area contributed by atoms with Crippen molar-refractivity contribution in [2.45, 2.75) is 0 Å². The molecule has 1 amide bonds. The number of nitrogens with zero attached hydrogens (tertiary/aromatic N) is 2. The number of anilines is 1. The molecule has 0 saturated carbocycles. The van der Waals surface area contributed by atoms with Gasteiger partial charge >= 0.3 is 0 Å². The Labute approximate surface area is 115 Å². The van der Waals surface area contributed by atoms with Crippen LogP contribution in [0.1, 0.15) is 10.4 Å². The van der Waals surface area contributed by atoms with Crippen LogP contribution >= 0.6 is 0 Å². The van der Waals surface area contributed by atoms with E-state index in [2.05, 4.69) is 10.3 Å². The Hall–Kier alpha value is -2.82. The van der Waals surface area contributed by atoms with E-state index in [0.29, 0.717) is 17.3 Å². The highest BCUT2D eigenvalue weighted by atomic mass is 16.5. The van der Waals surface area contributed by atoms with Crippen LogP contribution in [0.2, 0.25) is 0 Å². The predicted molar refractivity (Wildman–Crippen MR) is 76.1 cm³/mol. The Kier molecular flexibility index (Phi) is 3.09. The first-order valence-electron chi connectivity index (χ1n) is 6.15. The van der Waals surface area contributed by atoms with Gasteiger partial charge in [-0.1, -0.05) is 6.07 Å². The molecule has 3 aromatic rings. The lowest BCUT2D eigenvalue weighted by Gasteiger charge is -2.05. The Bertz CT molecular complexity index is 747. The van der Waals surface area contributed by atoms with Crippen molar-refractivity contribution in [3.05, 3.63) is 60.4 Å². The quantitative estimate of drug-likeness (QED) is 0.793. The average Bonchev–Trinajstić information content (AvgIpc) is 2.91. The first kappa shape index (κ1) is 12.2. The first-order chi connectivity index (χ1) is 9.78. The highest BCUT2D eigenvalue weighted by molar-refractivity contribution is 6.03. The smallest absolute Gasteiger partial charge is 0.257 e. The number of imidazole rings is 1. The molecule has 0 atom stereocenters. The van der Waals surface area contributed by atoms with E-state index < -0.39 is 0 Å². The monoisotopic (exact) mass is 267 g/mol. The summed E-state index contributed by atoms with van der Waals surface area (Å²) in [5.74, 6) is 1.01. The summed E-state index contributed by atoms with van der Waals surface area (Å²) in [6, 6.07) is 12.7. The van der Waals surface area contributed by atoms with Crippen LogP contribution < -0.4 is 10.1 Å². The van der Waals surface area contributed by atoms with Crippen molar-refractivity contribution in [1.82, 2.24) is 9.38 Å². The van der Waals surface area contributed by atoms with Crippen LogP contribution in [0, 0.1) is 0 Å². The van der Waals surface area contributed by atoms with Gasteiger partial charge in [0.2, 0.25) is 5.95 Å². The lowest BCUT2D eigenvalue weighted by Crippen LogP contribution is -2.14. The van der Waals surface area contributed by atoms with Crippen molar-refractivity contribution >= 4 is 17.4 Å². The van der Waals surface area contributed by atoms with Crippen LogP contribution in [-0.2, 0) is 0 Å². The normalized spacial score (nSPS) is 10.4. The molecule has 3 rings (SSSR count). The molecule has 0 bridgehead atoms. The van der Waals surface area contributed by atoms with Crippen LogP contribution in [0.4, 0.5) is 5.95 Å². The van der Waals surface area contributed by atoms with E-state index in [1.165, 1.54) is 0 Å². The van der Waals surface area contributed by atoms with Gasteiger partial charge < -0.3 is 4.74 Å². The fourth-order valence-corrected chi connectivity index (χ4v) is 1.95. The minimum Gasteiger partial charge on any atom is -0.497 e. The molecule has 0 aliphatic carbocycles. The molecule has 0 aliphatic rings. The second kappa shape index (κ2) is 5.05. The number of methoxy groups -OCH3 is 1. The molecule has 1 N–H and O–H groups in total. The molecule has 0 unspecified atom stereocenters. The van der Waals surface area contributed by atoms with E-state index in [9.17, 15) is 4.79 Å². The van der Waals surface area contributed by atoms with Crippen molar-refractivity contribution in [2.24, 2.45) is 0 Å². The number of aromatic nitrogens is 2. The number of amides is 1. The minimum atomic E-state index is -0.205. The van der Waals surface area contributed by atoms with E-state index in [0.717, 1.165) is 5.52 Å². The zero-order chi connectivity index (χ0) is 13.9. The molecule has 2 heterocycles. The molecule has 100 valence electrons. The van der Waals surface area contributed by atoms with Gasteiger partial charge in [0.15, 0.2) is 0 Å². The van der Waals surface area contributed by atoms with Crippen LogP contribution in [0.5, 0.6) is 5.75 Å². The Morgan fingerprint density at radius 1 is 1.20 bits per heavy atom. The second-order valence-corrected chi connectivity index (χ2v) is 4.26. The van der Waals surface area contributed by atoms with E-state index in [1.807, 2.05) is 28.8 Å². The SMILES string of the molecule is COc1ccc(C(=O)Nc2ncc3ccccn23)cc1. The summed E-state index contributed by atoms with van der Waals surface area (Å²) in [5, 5.41) is 2.79. The molecule has 1 aromatic carbocycles. The molecule has 0 saturated heterocycles. The van der Waals surface area contributed by atoms with Crippen LogP contribution in [-0.4, -0.2) is 22.4 Å². The Morgan fingerprint density at radius 2 is 2.00 bits per heavy atom. The maximum absolute atomic E-state index is 12.2. The molecule has 20 heavy (non-hydrogen) atoms. The third-order valence-electron chi connectivity index (χ3n) is 3.02. The zero-order valence-electron chi connectivity index (χ0n) is 10.9. The lowest BCUT2D eigenvalue weighted by atomic mass is 10.2. The number of nitrogens with one attached hydrogen (secondary N) is 1. The Balaban J connectivity index is 1.84. The molecule has 5 heteroatoms. The summed E-state index contributed by atoms with van der Waals surface area (Å²) >= 11 is 0. The first-order valence-corrected chi connectivity index (χ1v) is 6.15. The molecular formula is C15H13N3O2. The standard InChI is InChI=1S/C15H13N3O2/c1-20-13-7-5-11(6-8-13)14(19)17-15-16-10-12-4-2-3-9-18(12)15/h2-10H,1H3,(H,16,17,19). The number of pyridine rings is 1. The molecular weight excluding hydrogens is 254 g/mol. The summed E-state index contributed by atoms with van der Waals surface area (Å²) in [7, 11) is 1.59. The van der Waals surface area contributed by atoms with Crippen LogP contribution in [0.25, 0.3) is 5.52 Å². The van der Waals surface area contributed by atoms with Gasteiger partial charge in [0.1, 0.15) is 5.75 Å². The molecule has 0 spiro atoms. The van der Waals surface area contributed by atoms with E-state index in [4.69, 9.17) is 4.74 Å². The predicted octanol–water partition coefficient (Wildman–Crippen LogP) is 2.60. The maximum Gasteiger partial charge on any atom is 0.257 e. The number of ether oxygens (including phenoxy) is 1. The molecule has 0 radical (unpaired) electrons. The number of benzene rings is 1. The van der Waals surface area contributed by atoms with Gasteiger partial charge in [-0.15, -0.1) is 0 Å². The molecule has 0 aliphatic heterocycles. The molecule has 2 aromatic heterocycles.